The zero-order chi connectivity index (χ0) is 14.9. The molecule has 1 unspecified atom stereocenters. The van der Waals surface area contributed by atoms with Crippen molar-refractivity contribution < 1.29 is 14.2 Å². The van der Waals surface area contributed by atoms with Gasteiger partial charge in [0, 0.05) is 6.42 Å². The molecule has 1 atom stereocenters. The van der Waals surface area contributed by atoms with E-state index in [0.29, 0.717) is 25.9 Å². The van der Waals surface area contributed by atoms with Crippen LogP contribution in [0.2, 0.25) is 0 Å². The molecule has 122 valence electrons. The van der Waals surface area contributed by atoms with Gasteiger partial charge in [-0.05, 0) is 56.4 Å². The van der Waals surface area contributed by atoms with Gasteiger partial charge < -0.3 is 14.2 Å². The van der Waals surface area contributed by atoms with E-state index < -0.39 is 0 Å². The van der Waals surface area contributed by atoms with Gasteiger partial charge in [0.05, 0.1) is 31.7 Å². The van der Waals surface area contributed by atoms with E-state index in [1.165, 1.54) is 32.1 Å². The van der Waals surface area contributed by atoms with E-state index in [2.05, 4.69) is 19.9 Å². The quantitative estimate of drug-likeness (QED) is 0.624. The topological polar surface area (TPSA) is 27.7 Å². The molecule has 1 saturated carbocycles. The first-order valence-corrected chi connectivity index (χ1v) is 8.75. The Kier molecular flexibility index (Phi) is 7.59. The molecule has 2 aliphatic carbocycles. The molecule has 0 heterocycles. The third kappa shape index (κ3) is 6.84. The van der Waals surface area contributed by atoms with E-state index in [0.717, 1.165) is 37.0 Å². The predicted octanol–water partition coefficient (Wildman–Crippen LogP) is 4.32. The van der Waals surface area contributed by atoms with Gasteiger partial charge in [0.1, 0.15) is 6.61 Å². The third-order valence-corrected chi connectivity index (χ3v) is 4.69. The second kappa shape index (κ2) is 9.47. The Balaban J connectivity index is 1.40. The second-order valence-corrected chi connectivity index (χ2v) is 6.76. The highest BCUT2D eigenvalue weighted by Gasteiger charge is 2.18. The zero-order valence-corrected chi connectivity index (χ0v) is 13.8. The molecule has 0 aromatic heterocycles. The highest BCUT2D eigenvalue weighted by Crippen LogP contribution is 2.25. The Bertz CT molecular complexity index is 306. The van der Waals surface area contributed by atoms with Crippen LogP contribution in [0, 0.1) is 11.8 Å². The minimum absolute atomic E-state index is 0.468. The summed E-state index contributed by atoms with van der Waals surface area (Å²) in [4.78, 5) is 0. The Morgan fingerprint density at radius 2 is 1.67 bits per heavy atom. The molecule has 3 heteroatoms. The van der Waals surface area contributed by atoms with Crippen molar-refractivity contribution >= 4 is 0 Å². The summed E-state index contributed by atoms with van der Waals surface area (Å²) in [5.41, 5.74) is 0. The first-order valence-electron chi connectivity index (χ1n) is 8.75. The number of allylic oxidation sites excluding steroid dienone is 2. The first-order chi connectivity index (χ1) is 10.2. The van der Waals surface area contributed by atoms with Gasteiger partial charge in [-0.3, -0.25) is 0 Å². The standard InChI is InChI=1S/C18H32O3/c1-15-3-7-17(8-4-15)20-13-11-19-12-14-21-18-9-5-16(2)6-10-18/h7,15-16,18H,3-6,8-14H2,1-2H3. The summed E-state index contributed by atoms with van der Waals surface area (Å²) >= 11 is 0. The van der Waals surface area contributed by atoms with E-state index in [-0.39, 0.29) is 0 Å². The van der Waals surface area contributed by atoms with Crippen molar-refractivity contribution in [2.45, 2.75) is 64.9 Å². The summed E-state index contributed by atoms with van der Waals surface area (Å²) in [5.74, 6) is 2.85. The molecule has 0 bridgehead atoms. The Morgan fingerprint density at radius 1 is 0.905 bits per heavy atom. The van der Waals surface area contributed by atoms with Gasteiger partial charge in [-0.2, -0.15) is 0 Å². The van der Waals surface area contributed by atoms with E-state index >= 15 is 0 Å². The molecule has 0 amide bonds. The van der Waals surface area contributed by atoms with Crippen LogP contribution in [0.4, 0.5) is 0 Å². The van der Waals surface area contributed by atoms with Gasteiger partial charge in [-0.25, -0.2) is 0 Å². The Hall–Kier alpha value is -0.540. The van der Waals surface area contributed by atoms with Crippen molar-refractivity contribution in [1.82, 2.24) is 0 Å². The number of ether oxygens (including phenoxy) is 3. The lowest BCUT2D eigenvalue weighted by atomic mass is 9.89. The smallest absolute Gasteiger partial charge is 0.111 e. The van der Waals surface area contributed by atoms with Crippen molar-refractivity contribution in [1.29, 1.82) is 0 Å². The van der Waals surface area contributed by atoms with Gasteiger partial charge in [-0.1, -0.05) is 13.8 Å². The molecule has 0 radical (unpaired) electrons. The summed E-state index contributed by atoms with van der Waals surface area (Å²) in [6.07, 6.45) is 11.3. The Morgan fingerprint density at radius 3 is 2.38 bits per heavy atom. The Labute approximate surface area is 130 Å². The number of rotatable bonds is 8. The van der Waals surface area contributed by atoms with E-state index in [4.69, 9.17) is 14.2 Å². The van der Waals surface area contributed by atoms with Crippen molar-refractivity contribution in [2.24, 2.45) is 11.8 Å². The van der Waals surface area contributed by atoms with E-state index in [1.54, 1.807) is 0 Å². The van der Waals surface area contributed by atoms with Crippen LogP contribution < -0.4 is 0 Å². The average molecular weight is 296 g/mol. The summed E-state index contributed by atoms with van der Waals surface area (Å²) in [5, 5.41) is 0. The highest BCUT2D eigenvalue weighted by molar-refractivity contribution is 4.98. The molecule has 3 nitrogen and oxygen atoms in total. The van der Waals surface area contributed by atoms with E-state index in [9.17, 15) is 0 Å². The van der Waals surface area contributed by atoms with Crippen molar-refractivity contribution in [3.63, 3.8) is 0 Å². The molecule has 2 aliphatic rings. The van der Waals surface area contributed by atoms with Crippen LogP contribution in [-0.2, 0) is 14.2 Å². The molecule has 0 aromatic carbocycles. The fourth-order valence-corrected chi connectivity index (χ4v) is 3.08. The van der Waals surface area contributed by atoms with Crippen LogP contribution >= 0.6 is 0 Å². The second-order valence-electron chi connectivity index (χ2n) is 6.76. The molecular weight excluding hydrogens is 264 g/mol. The summed E-state index contributed by atoms with van der Waals surface area (Å²) in [6, 6.07) is 0. The van der Waals surface area contributed by atoms with Gasteiger partial charge >= 0.3 is 0 Å². The lowest BCUT2D eigenvalue weighted by Crippen LogP contribution is -2.22. The lowest BCUT2D eigenvalue weighted by Gasteiger charge is -2.26. The summed E-state index contributed by atoms with van der Waals surface area (Å²) in [7, 11) is 0. The van der Waals surface area contributed by atoms with Gasteiger partial charge in [0.15, 0.2) is 0 Å². The maximum atomic E-state index is 5.86. The maximum Gasteiger partial charge on any atom is 0.111 e. The van der Waals surface area contributed by atoms with Gasteiger partial charge in [0.25, 0.3) is 0 Å². The maximum absolute atomic E-state index is 5.86. The largest absolute Gasteiger partial charge is 0.496 e. The fraction of sp³-hybridized carbons (Fsp3) is 0.889. The van der Waals surface area contributed by atoms with Crippen LogP contribution in [0.1, 0.15) is 58.8 Å². The highest BCUT2D eigenvalue weighted by atomic mass is 16.5. The van der Waals surface area contributed by atoms with Crippen LogP contribution in [0.25, 0.3) is 0 Å². The van der Waals surface area contributed by atoms with Crippen LogP contribution in [0.3, 0.4) is 0 Å². The third-order valence-electron chi connectivity index (χ3n) is 4.69. The summed E-state index contributed by atoms with van der Waals surface area (Å²) in [6.45, 7) is 7.37. The SMILES string of the molecule is CC1CC=C(OCCOCCOC2CCC(C)CC2)CC1. The molecule has 1 fully saturated rings. The molecule has 2 rings (SSSR count). The van der Waals surface area contributed by atoms with Crippen molar-refractivity contribution in [3.05, 3.63) is 11.8 Å². The van der Waals surface area contributed by atoms with Gasteiger partial charge in [0.2, 0.25) is 0 Å². The molecule has 0 spiro atoms. The lowest BCUT2D eigenvalue weighted by molar-refractivity contribution is -0.0223. The number of hydrogen-bond acceptors (Lipinski definition) is 3. The zero-order valence-electron chi connectivity index (χ0n) is 13.8. The molecule has 21 heavy (non-hydrogen) atoms. The fourth-order valence-electron chi connectivity index (χ4n) is 3.08. The monoisotopic (exact) mass is 296 g/mol. The average Bonchev–Trinajstić information content (AvgIpc) is 2.50. The molecule has 0 N–H and O–H groups in total. The van der Waals surface area contributed by atoms with Crippen LogP contribution in [-0.4, -0.2) is 32.5 Å². The normalized spacial score (nSPS) is 30.0. The molecular formula is C18H32O3. The molecule has 0 aromatic rings. The van der Waals surface area contributed by atoms with Crippen LogP contribution in [0.5, 0.6) is 0 Å². The van der Waals surface area contributed by atoms with Crippen molar-refractivity contribution in [2.75, 3.05) is 26.4 Å². The predicted molar refractivity (Wildman–Crippen MR) is 85.2 cm³/mol. The van der Waals surface area contributed by atoms with Crippen LogP contribution in [0.15, 0.2) is 11.8 Å². The van der Waals surface area contributed by atoms with Gasteiger partial charge in [-0.15, -0.1) is 0 Å². The number of hydrogen-bond donors (Lipinski definition) is 0. The molecule has 0 aliphatic heterocycles. The minimum atomic E-state index is 0.468. The summed E-state index contributed by atoms with van der Waals surface area (Å²) < 4.78 is 17.2. The first kappa shape index (κ1) is 16.8. The van der Waals surface area contributed by atoms with Crippen molar-refractivity contribution in [3.8, 4) is 0 Å². The minimum Gasteiger partial charge on any atom is -0.496 e. The van der Waals surface area contributed by atoms with E-state index in [1.807, 2.05) is 0 Å². The molecule has 0 saturated heterocycles.